The molecule has 0 aliphatic carbocycles. The van der Waals surface area contributed by atoms with Crippen molar-refractivity contribution in [3.63, 3.8) is 0 Å². The number of ether oxygens (including phenoxy) is 1. The van der Waals surface area contributed by atoms with Crippen molar-refractivity contribution in [3.05, 3.63) is 54.1 Å². The molecule has 0 radical (unpaired) electrons. The number of hydrogen-bond donors (Lipinski definition) is 2. The Hall–Kier alpha value is -2.20. The van der Waals surface area contributed by atoms with Gasteiger partial charge in [0.05, 0.1) is 5.56 Å². The molecule has 2 rings (SSSR count). The molecule has 94 valence electrons. The van der Waals surface area contributed by atoms with Crippen LogP contribution >= 0.6 is 12.4 Å². The molecule has 3 N–H and O–H groups in total. The van der Waals surface area contributed by atoms with E-state index in [0.717, 1.165) is 0 Å². The number of carboxylic acids is 1. The van der Waals surface area contributed by atoms with Gasteiger partial charge >= 0.3 is 5.97 Å². The van der Waals surface area contributed by atoms with Gasteiger partial charge in [-0.2, -0.15) is 0 Å². The summed E-state index contributed by atoms with van der Waals surface area (Å²) in [5.74, 6) is 0.283. The molecule has 0 heterocycles. The lowest BCUT2D eigenvalue weighted by molar-refractivity contribution is 0.0697. The van der Waals surface area contributed by atoms with Gasteiger partial charge in [0.25, 0.3) is 0 Å². The van der Waals surface area contributed by atoms with Crippen molar-refractivity contribution in [2.24, 2.45) is 0 Å². The largest absolute Gasteiger partial charge is 0.478 e. The molecule has 0 aliphatic rings. The van der Waals surface area contributed by atoms with Crippen LogP contribution in [0, 0.1) is 0 Å². The summed E-state index contributed by atoms with van der Waals surface area (Å²) < 4.78 is 5.52. The van der Waals surface area contributed by atoms with Crippen molar-refractivity contribution in [3.8, 4) is 11.5 Å². The van der Waals surface area contributed by atoms with Gasteiger partial charge < -0.3 is 15.6 Å². The van der Waals surface area contributed by atoms with Crippen molar-refractivity contribution in [1.29, 1.82) is 0 Å². The maximum absolute atomic E-state index is 10.7. The average Bonchev–Trinajstić information content (AvgIpc) is 2.33. The Balaban J connectivity index is 0.00000162. The molecule has 0 saturated heterocycles. The third-order valence-corrected chi connectivity index (χ3v) is 2.22. The van der Waals surface area contributed by atoms with E-state index < -0.39 is 5.97 Å². The number of carbonyl (C=O) groups is 1. The molecule has 0 spiro atoms. The summed E-state index contributed by atoms with van der Waals surface area (Å²) in [6.07, 6.45) is 0. The molecule has 2 aromatic carbocycles. The zero-order chi connectivity index (χ0) is 12.3. The van der Waals surface area contributed by atoms with Crippen LogP contribution < -0.4 is 10.5 Å². The first-order valence-corrected chi connectivity index (χ1v) is 5.02. The maximum atomic E-state index is 10.7. The number of carboxylic acid groups (broad SMARTS) is 1. The Kier molecular flexibility index (Phi) is 4.57. The van der Waals surface area contributed by atoms with Crippen molar-refractivity contribution in [2.45, 2.75) is 0 Å². The van der Waals surface area contributed by atoms with E-state index in [1.54, 1.807) is 36.4 Å². The maximum Gasteiger partial charge on any atom is 0.335 e. The molecular formula is C13H12ClNO3. The van der Waals surface area contributed by atoms with Crippen molar-refractivity contribution < 1.29 is 14.6 Å². The minimum Gasteiger partial charge on any atom is -0.478 e. The molecule has 0 bridgehead atoms. The summed E-state index contributed by atoms with van der Waals surface area (Å²) in [6.45, 7) is 0. The van der Waals surface area contributed by atoms with Gasteiger partial charge in [0, 0.05) is 5.69 Å². The summed E-state index contributed by atoms with van der Waals surface area (Å²) in [7, 11) is 0. The van der Waals surface area contributed by atoms with Crippen molar-refractivity contribution in [2.75, 3.05) is 5.73 Å². The fraction of sp³-hybridized carbons (Fsp3) is 0. The SMILES string of the molecule is Cl.Nc1ccc(Oc2ccc(C(=O)O)cc2)cc1. The number of aromatic carboxylic acids is 1. The van der Waals surface area contributed by atoms with Gasteiger partial charge in [0.15, 0.2) is 0 Å². The minimum atomic E-state index is -0.955. The lowest BCUT2D eigenvalue weighted by atomic mass is 10.2. The van der Waals surface area contributed by atoms with Gasteiger partial charge in [0.2, 0.25) is 0 Å². The van der Waals surface area contributed by atoms with E-state index in [9.17, 15) is 4.79 Å². The zero-order valence-corrected chi connectivity index (χ0v) is 10.2. The van der Waals surface area contributed by atoms with Crippen LogP contribution in [0.2, 0.25) is 0 Å². The van der Waals surface area contributed by atoms with Gasteiger partial charge in [0.1, 0.15) is 11.5 Å². The highest BCUT2D eigenvalue weighted by atomic mass is 35.5. The fourth-order valence-electron chi connectivity index (χ4n) is 1.34. The lowest BCUT2D eigenvalue weighted by Crippen LogP contribution is -1.95. The van der Waals surface area contributed by atoms with Gasteiger partial charge in [-0.3, -0.25) is 0 Å². The van der Waals surface area contributed by atoms with E-state index in [1.807, 2.05) is 0 Å². The second kappa shape index (κ2) is 5.93. The molecule has 2 aromatic rings. The molecule has 0 atom stereocenters. The quantitative estimate of drug-likeness (QED) is 0.836. The Bertz CT molecular complexity index is 523. The normalized spacial score (nSPS) is 9.33. The Morgan fingerprint density at radius 3 is 1.83 bits per heavy atom. The molecule has 0 amide bonds. The Morgan fingerprint density at radius 2 is 1.39 bits per heavy atom. The minimum absolute atomic E-state index is 0. The number of halogens is 1. The number of rotatable bonds is 3. The standard InChI is InChI=1S/C13H11NO3.ClH/c14-10-3-7-12(8-4-10)17-11-5-1-9(2-6-11)13(15)16;/h1-8H,14H2,(H,15,16);1H. The highest BCUT2D eigenvalue weighted by Crippen LogP contribution is 2.22. The monoisotopic (exact) mass is 265 g/mol. The number of nitrogens with two attached hydrogens (primary N) is 1. The molecule has 0 unspecified atom stereocenters. The predicted molar refractivity (Wildman–Crippen MR) is 71.6 cm³/mol. The Morgan fingerprint density at radius 1 is 0.944 bits per heavy atom. The molecular weight excluding hydrogens is 254 g/mol. The summed E-state index contributed by atoms with van der Waals surface area (Å²) in [5, 5.41) is 8.74. The molecule has 0 fully saturated rings. The molecule has 5 heteroatoms. The van der Waals surface area contributed by atoms with Crippen LogP contribution in [-0.2, 0) is 0 Å². The highest BCUT2D eigenvalue weighted by Gasteiger charge is 2.02. The summed E-state index contributed by atoms with van der Waals surface area (Å²) in [6, 6.07) is 13.2. The van der Waals surface area contributed by atoms with Crippen LogP contribution in [0.1, 0.15) is 10.4 Å². The number of benzene rings is 2. The number of nitrogen functional groups attached to an aromatic ring is 1. The van der Waals surface area contributed by atoms with E-state index in [2.05, 4.69) is 0 Å². The summed E-state index contributed by atoms with van der Waals surface area (Å²) in [5.41, 5.74) is 6.45. The topological polar surface area (TPSA) is 72.5 Å². The first-order chi connectivity index (χ1) is 8.15. The Labute approximate surface area is 110 Å². The van der Waals surface area contributed by atoms with Crippen LogP contribution in [0.15, 0.2) is 48.5 Å². The first-order valence-electron chi connectivity index (χ1n) is 5.02. The van der Waals surface area contributed by atoms with Crippen molar-refractivity contribution in [1.82, 2.24) is 0 Å². The molecule has 4 nitrogen and oxygen atoms in total. The fourth-order valence-corrected chi connectivity index (χ4v) is 1.34. The second-order valence-electron chi connectivity index (χ2n) is 3.50. The van der Waals surface area contributed by atoms with Crippen LogP contribution in [0.3, 0.4) is 0 Å². The highest BCUT2D eigenvalue weighted by molar-refractivity contribution is 5.87. The van der Waals surface area contributed by atoms with Crippen LogP contribution in [0.5, 0.6) is 11.5 Å². The molecule has 18 heavy (non-hydrogen) atoms. The van der Waals surface area contributed by atoms with E-state index in [1.165, 1.54) is 12.1 Å². The number of anilines is 1. The second-order valence-corrected chi connectivity index (χ2v) is 3.50. The first kappa shape index (κ1) is 13.9. The van der Waals surface area contributed by atoms with Crippen LogP contribution in [-0.4, -0.2) is 11.1 Å². The molecule has 0 aromatic heterocycles. The average molecular weight is 266 g/mol. The predicted octanol–water partition coefficient (Wildman–Crippen LogP) is 3.18. The van der Waals surface area contributed by atoms with Crippen LogP contribution in [0.25, 0.3) is 0 Å². The lowest BCUT2D eigenvalue weighted by Gasteiger charge is -2.05. The van der Waals surface area contributed by atoms with E-state index in [-0.39, 0.29) is 18.0 Å². The van der Waals surface area contributed by atoms with E-state index in [0.29, 0.717) is 17.2 Å². The summed E-state index contributed by atoms with van der Waals surface area (Å²) >= 11 is 0. The smallest absolute Gasteiger partial charge is 0.335 e. The summed E-state index contributed by atoms with van der Waals surface area (Å²) in [4.78, 5) is 10.7. The third kappa shape index (κ3) is 3.40. The molecule has 0 aliphatic heterocycles. The number of hydrogen-bond acceptors (Lipinski definition) is 3. The van der Waals surface area contributed by atoms with Gasteiger partial charge in [-0.15, -0.1) is 12.4 Å². The van der Waals surface area contributed by atoms with Gasteiger partial charge in [-0.05, 0) is 48.5 Å². The van der Waals surface area contributed by atoms with E-state index in [4.69, 9.17) is 15.6 Å². The van der Waals surface area contributed by atoms with E-state index >= 15 is 0 Å². The van der Waals surface area contributed by atoms with Crippen molar-refractivity contribution >= 4 is 24.1 Å². The molecule has 0 saturated carbocycles. The van der Waals surface area contributed by atoms with Gasteiger partial charge in [-0.1, -0.05) is 0 Å². The zero-order valence-electron chi connectivity index (χ0n) is 9.37. The third-order valence-electron chi connectivity index (χ3n) is 2.22. The van der Waals surface area contributed by atoms with Gasteiger partial charge in [-0.25, -0.2) is 4.79 Å². The van der Waals surface area contributed by atoms with Crippen LogP contribution in [0.4, 0.5) is 5.69 Å².